The first-order chi connectivity index (χ1) is 10.5. The number of non-ortho nitro benzene ring substituents is 2. The first-order valence-electron chi connectivity index (χ1n) is 6.53. The Kier molecular flexibility index (Phi) is 3.72. The van der Waals surface area contributed by atoms with E-state index < -0.39 is 30.8 Å². The van der Waals surface area contributed by atoms with Gasteiger partial charge in [0.2, 0.25) is 0 Å². The molecule has 7 nitrogen and oxygen atoms in total. The van der Waals surface area contributed by atoms with Crippen molar-refractivity contribution in [2.24, 2.45) is 0 Å². The maximum absolute atomic E-state index is 10.9. The van der Waals surface area contributed by atoms with Gasteiger partial charge in [-0.2, -0.15) is 0 Å². The Balaban J connectivity index is 2.13. The molecular weight excluding hydrogens is 402 g/mol. The predicted molar refractivity (Wildman–Crippen MR) is 83.9 cm³/mol. The van der Waals surface area contributed by atoms with Gasteiger partial charge in [0.15, 0.2) is 0 Å². The van der Waals surface area contributed by atoms with Crippen LogP contribution in [-0.2, 0) is 0 Å². The van der Waals surface area contributed by atoms with E-state index in [1.54, 1.807) is 24.3 Å². The van der Waals surface area contributed by atoms with Gasteiger partial charge in [-0.1, -0.05) is 0 Å². The summed E-state index contributed by atoms with van der Waals surface area (Å²) in [6, 6.07) is 9.75. The normalized spacial score (nSPS) is 12.5. The molecule has 3 rings (SSSR count). The average Bonchev–Trinajstić information content (AvgIpc) is 2.51. The predicted octanol–water partition coefficient (Wildman–Crippen LogP) is 1.63. The van der Waals surface area contributed by atoms with Crippen LogP contribution < -0.4 is 12.1 Å². The SMILES string of the molecule is CCN1c2ccc([N+](=O)[O-])cc2[Te]c2cc([N+](=O)[O-])ccc21. The number of hydrogen-bond acceptors (Lipinski definition) is 5. The quantitative estimate of drug-likeness (QED) is 0.434. The average molecular weight is 413 g/mol. The Bertz CT molecular complexity index is 730. The van der Waals surface area contributed by atoms with E-state index in [0.717, 1.165) is 18.6 Å². The molecule has 0 unspecified atom stereocenters. The second kappa shape index (κ2) is 5.55. The number of anilines is 2. The van der Waals surface area contributed by atoms with Crippen LogP contribution in [0, 0.1) is 20.2 Å². The van der Waals surface area contributed by atoms with Crippen LogP contribution >= 0.6 is 0 Å². The molecule has 0 saturated heterocycles. The van der Waals surface area contributed by atoms with Gasteiger partial charge in [0.1, 0.15) is 0 Å². The van der Waals surface area contributed by atoms with Crippen molar-refractivity contribution in [3.63, 3.8) is 0 Å². The van der Waals surface area contributed by atoms with Gasteiger partial charge in [0.25, 0.3) is 0 Å². The third kappa shape index (κ3) is 2.40. The zero-order chi connectivity index (χ0) is 15.9. The third-order valence-electron chi connectivity index (χ3n) is 3.43. The van der Waals surface area contributed by atoms with E-state index in [1.165, 1.54) is 12.1 Å². The van der Waals surface area contributed by atoms with Gasteiger partial charge >= 0.3 is 136 Å². The van der Waals surface area contributed by atoms with Crippen molar-refractivity contribution in [1.29, 1.82) is 0 Å². The summed E-state index contributed by atoms with van der Waals surface area (Å²) in [4.78, 5) is 23.1. The fourth-order valence-electron chi connectivity index (χ4n) is 2.43. The number of nitrogens with zero attached hydrogens (tertiary/aromatic N) is 3. The van der Waals surface area contributed by atoms with Crippen molar-refractivity contribution in [2.75, 3.05) is 11.4 Å². The Hall–Kier alpha value is -2.17. The fourth-order valence-corrected chi connectivity index (χ4v) is 5.75. The summed E-state index contributed by atoms with van der Waals surface area (Å²) in [7, 11) is 0. The summed E-state index contributed by atoms with van der Waals surface area (Å²) in [5.41, 5.74) is 2.07. The number of benzene rings is 2. The van der Waals surface area contributed by atoms with Gasteiger partial charge in [-0.3, -0.25) is 0 Å². The monoisotopic (exact) mass is 415 g/mol. The summed E-state index contributed by atoms with van der Waals surface area (Å²) >= 11 is -0.901. The van der Waals surface area contributed by atoms with E-state index in [-0.39, 0.29) is 11.4 Å². The van der Waals surface area contributed by atoms with Crippen molar-refractivity contribution in [1.82, 2.24) is 0 Å². The minimum atomic E-state index is -0.901. The Morgan fingerprint density at radius 2 is 1.41 bits per heavy atom. The van der Waals surface area contributed by atoms with Gasteiger partial charge in [0.05, 0.1) is 0 Å². The number of hydrogen-bond donors (Lipinski definition) is 0. The second-order valence-corrected chi connectivity index (χ2v) is 7.76. The summed E-state index contributed by atoms with van der Waals surface area (Å²) < 4.78 is 1.88. The van der Waals surface area contributed by atoms with E-state index in [2.05, 4.69) is 0 Å². The molecular formula is C14H11N3O4Te. The van der Waals surface area contributed by atoms with Gasteiger partial charge < -0.3 is 0 Å². The van der Waals surface area contributed by atoms with Crippen LogP contribution in [-0.4, -0.2) is 37.3 Å². The van der Waals surface area contributed by atoms with E-state index >= 15 is 0 Å². The molecule has 0 fully saturated rings. The van der Waals surface area contributed by atoms with Crippen molar-refractivity contribution in [2.45, 2.75) is 6.92 Å². The molecule has 22 heavy (non-hydrogen) atoms. The first-order valence-corrected chi connectivity index (χ1v) is 8.86. The van der Waals surface area contributed by atoms with E-state index in [9.17, 15) is 20.2 Å². The third-order valence-corrected chi connectivity index (χ3v) is 6.55. The molecule has 2 aromatic carbocycles. The molecule has 2 aromatic rings. The Morgan fingerprint density at radius 3 is 1.77 bits per heavy atom. The van der Waals surface area contributed by atoms with E-state index in [0.29, 0.717) is 6.54 Å². The molecule has 1 heterocycles. The number of nitro benzene ring substituents is 2. The molecule has 0 aromatic heterocycles. The molecule has 1 aliphatic heterocycles. The van der Waals surface area contributed by atoms with E-state index in [1.807, 2.05) is 11.8 Å². The minimum absolute atomic E-state index is 0.0637. The Morgan fingerprint density at radius 1 is 0.955 bits per heavy atom. The van der Waals surface area contributed by atoms with Crippen molar-refractivity contribution >= 4 is 50.9 Å². The van der Waals surface area contributed by atoms with Gasteiger partial charge in [-0.15, -0.1) is 0 Å². The second-order valence-electron chi connectivity index (χ2n) is 4.66. The molecule has 0 radical (unpaired) electrons. The van der Waals surface area contributed by atoms with Crippen LogP contribution in [0.4, 0.5) is 22.7 Å². The number of fused-ring (bicyclic) bond motifs is 2. The van der Waals surface area contributed by atoms with Crippen LogP contribution in [0.1, 0.15) is 6.92 Å². The molecule has 0 N–H and O–H groups in total. The van der Waals surface area contributed by atoms with Gasteiger partial charge in [-0.05, 0) is 0 Å². The fraction of sp³-hybridized carbons (Fsp3) is 0.143. The number of rotatable bonds is 3. The van der Waals surface area contributed by atoms with Crippen molar-refractivity contribution in [3.8, 4) is 0 Å². The maximum atomic E-state index is 10.9. The van der Waals surface area contributed by atoms with Crippen molar-refractivity contribution < 1.29 is 9.85 Å². The molecule has 1 aliphatic rings. The molecule has 0 bridgehead atoms. The van der Waals surface area contributed by atoms with Crippen LogP contribution in [0.3, 0.4) is 0 Å². The van der Waals surface area contributed by atoms with Gasteiger partial charge in [0, 0.05) is 0 Å². The van der Waals surface area contributed by atoms with Gasteiger partial charge in [-0.25, -0.2) is 0 Å². The van der Waals surface area contributed by atoms with Crippen LogP contribution in [0.5, 0.6) is 0 Å². The Labute approximate surface area is 135 Å². The van der Waals surface area contributed by atoms with E-state index in [4.69, 9.17) is 0 Å². The standard InChI is InChI=1S/C14H11N3O4Te/c1-2-15-11-5-3-9(16(18)19)7-13(11)22-14-8-10(17(20)21)4-6-12(14)15/h3-8H,2H2,1H3. The van der Waals surface area contributed by atoms with Crippen LogP contribution in [0.2, 0.25) is 0 Å². The number of nitro groups is 2. The molecule has 0 amide bonds. The zero-order valence-corrected chi connectivity index (χ0v) is 13.9. The topological polar surface area (TPSA) is 89.5 Å². The van der Waals surface area contributed by atoms with Crippen LogP contribution in [0.25, 0.3) is 0 Å². The zero-order valence-electron chi connectivity index (χ0n) is 11.6. The summed E-state index contributed by atoms with van der Waals surface area (Å²) in [5.74, 6) is 0. The molecule has 0 aliphatic carbocycles. The summed E-state index contributed by atoms with van der Waals surface area (Å²) in [6.07, 6.45) is 0. The first kappa shape index (κ1) is 14.8. The van der Waals surface area contributed by atoms with Crippen molar-refractivity contribution in [3.05, 3.63) is 56.6 Å². The molecule has 112 valence electrons. The molecule has 0 spiro atoms. The summed E-state index contributed by atoms with van der Waals surface area (Å²) in [6.45, 7) is 2.69. The summed E-state index contributed by atoms with van der Waals surface area (Å²) in [5, 5.41) is 21.9. The molecule has 0 atom stereocenters. The van der Waals surface area contributed by atoms with Crippen LogP contribution in [0.15, 0.2) is 36.4 Å². The molecule has 0 saturated carbocycles. The molecule has 8 heteroatoms.